The number of hydrogen-bond acceptors (Lipinski definition) is 6. The van der Waals surface area contributed by atoms with Crippen molar-refractivity contribution in [2.45, 2.75) is 25.2 Å². The molecule has 1 aliphatic heterocycles. The topological polar surface area (TPSA) is 68.2 Å². The molecule has 29 heavy (non-hydrogen) atoms. The van der Waals surface area contributed by atoms with E-state index in [1.807, 2.05) is 6.92 Å². The van der Waals surface area contributed by atoms with Crippen LogP contribution in [0.15, 0.2) is 47.6 Å². The van der Waals surface area contributed by atoms with Crippen molar-refractivity contribution < 1.29 is 13.9 Å². The zero-order chi connectivity index (χ0) is 20.5. The first kappa shape index (κ1) is 19.6. The zero-order valence-electron chi connectivity index (χ0n) is 15.6. The molecule has 3 aromatic rings. The van der Waals surface area contributed by atoms with E-state index in [0.717, 1.165) is 5.75 Å². The molecule has 9 heteroatoms. The van der Waals surface area contributed by atoms with Crippen LogP contribution < -0.4 is 9.64 Å². The minimum atomic E-state index is -0.900. The highest BCUT2D eigenvalue weighted by molar-refractivity contribution is 7.99. The number of aromatic nitrogens is 3. The molecular weight excluding hydrogens is 415 g/mol. The number of anilines is 1. The summed E-state index contributed by atoms with van der Waals surface area (Å²) >= 11 is 7.81. The molecule has 6 nitrogen and oxygen atoms in total. The van der Waals surface area contributed by atoms with Gasteiger partial charge in [0, 0.05) is 23.1 Å². The first-order valence-corrected chi connectivity index (χ1v) is 10.2. The third-order valence-corrected chi connectivity index (χ3v) is 5.41. The molecule has 0 aliphatic carbocycles. The van der Waals surface area contributed by atoms with Crippen molar-refractivity contribution in [3.63, 3.8) is 0 Å². The standard InChI is InChI=1S/C20H16ClFN4O2S/c1-3-29-20-23-18-17(24-25-20)14-10-12(22)8-9-16(14)26(11(2)27)19(28-18)13-6-4-5-7-15(13)21/h4-10,19H,3H2,1-2H3/t19-/m1/s1. The molecule has 0 bridgehead atoms. The Hall–Kier alpha value is -2.71. The summed E-state index contributed by atoms with van der Waals surface area (Å²) in [5.74, 6) is 0.144. The molecule has 0 N–H and O–H groups in total. The van der Waals surface area contributed by atoms with Crippen LogP contribution in [0.1, 0.15) is 25.6 Å². The summed E-state index contributed by atoms with van der Waals surface area (Å²) in [4.78, 5) is 18.5. The second-order valence-electron chi connectivity index (χ2n) is 6.22. The quantitative estimate of drug-likeness (QED) is 0.551. The van der Waals surface area contributed by atoms with Crippen molar-refractivity contribution >= 4 is 35.0 Å². The highest BCUT2D eigenvalue weighted by Gasteiger charge is 2.35. The van der Waals surface area contributed by atoms with Crippen LogP contribution in [-0.4, -0.2) is 26.8 Å². The number of hydrogen-bond donors (Lipinski definition) is 0. The number of fused-ring (bicyclic) bond motifs is 3. The molecule has 148 valence electrons. The summed E-state index contributed by atoms with van der Waals surface area (Å²) in [7, 11) is 0. The first-order valence-electron chi connectivity index (χ1n) is 8.88. The molecule has 1 atom stereocenters. The molecule has 0 fully saturated rings. The SMILES string of the molecule is CCSc1nnc2c(n1)O[C@H](c1ccccc1Cl)N(C(C)=O)c1ccc(F)cc1-2. The lowest BCUT2D eigenvalue weighted by Crippen LogP contribution is -2.36. The number of carbonyl (C=O) groups excluding carboxylic acids is 1. The molecule has 0 unspecified atom stereocenters. The summed E-state index contributed by atoms with van der Waals surface area (Å²) in [6, 6.07) is 11.2. The van der Waals surface area contributed by atoms with Gasteiger partial charge >= 0.3 is 0 Å². The molecular formula is C20H16ClFN4O2S. The van der Waals surface area contributed by atoms with Gasteiger partial charge in [-0.25, -0.2) is 4.39 Å². The summed E-state index contributed by atoms with van der Waals surface area (Å²) in [6.07, 6.45) is -0.900. The Bertz CT molecular complexity index is 1100. The van der Waals surface area contributed by atoms with Crippen molar-refractivity contribution in [1.82, 2.24) is 15.2 Å². The molecule has 1 aromatic heterocycles. The van der Waals surface area contributed by atoms with E-state index in [9.17, 15) is 9.18 Å². The molecule has 1 aliphatic rings. The molecule has 0 saturated heterocycles. The number of thioether (sulfide) groups is 1. The number of rotatable bonds is 3. The summed E-state index contributed by atoms with van der Waals surface area (Å²) in [6.45, 7) is 3.38. The number of benzene rings is 2. The highest BCUT2D eigenvalue weighted by Crippen LogP contribution is 2.44. The van der Waals surface area contributed by atoms with Gasteiger partial charge in [0.25, 0.3) is 0 Å². The Kier molecular flexibility index (Phi) is 5.38. The molecule has 4 rings (SSSR count). The van der Waals surface area contributed by atoms with E-state index in [4.69, 9.17) is 16.3 Å². The van der Waals surface area contributed by atoms with E-state index in [1.54, 1.807) is 24.3 Å². The Morgan fingerprint density at radius 3 is 2.79 bits per heavy atom. The van der Waals surface area contributed by atoms with Gasteiger partial charge in [-0.2, -0.15) is 4.98 Å². The van der Waals surface area contributed by atoms with E-state index in [-0.39, 0.29) is 17.5 Å². The monoisotopic (exact) mass is 430 g/mol. The van der Waals surface area contributed by atoms with Crippen LogP contribution in [-0.2, 0) is 4.79 Å². The molecule has 2 heterocycles. The Morgan fingerprint density at radius 2 is 2.07 bits per heavy atom. The predicted molar refractivity (Wildman–Crippen MR) is 110 cm³/mol. The van der Waals surface area contributed by atoms with Gasteiger partial charge in [-0.3, -0.25) is 9.69 Å². The van der Waals surface area contributed by atoms with Crippen LogP contribution in [0, 0.1) is 5.82 Å². The lowest BCUT2D eigenvalue weighted by atomic mass is 10.1. The Morgan fingerprint density at radius 1 is 1.28 bits per heavy atom. The molecule has 1 amide bonds. The van der Waals surface area contributed by atoms with Gasteiger partial charge in [-0.15, -0.1) is 10.2 Å². The normalized spacial score (nSPS) is 15.2. The van der Waals surface area contributed by atoms with Gasteiger partial charge in [0.2, 0.25) is 23.2 Å². The van der Waals surface area contributed by atoms with Crippen LogP contribution in [0.4, 0.5) is 10.1 Å². The number of halogens is 2. The van der Waals surface area contributed by atoms with E-state index in [0.29, 0.717) is 27.0 Å². The lowest BCUT2D eigenvalue weighted by molar-refractivity contribution is -0.118. The van der Waals surface area contributed by atoms with E-state index in [2.05, 4.69) is 15.2 Å². The molecule has 0 spiro atoms. The third-order valence-electron chi connectivity index (χ3n) is 4.35. The van der Waals surface area contributed by atoms with Gasteiger partial charge in [-0.1, -0.05) is 48.5 Å². The Balaban J connectivity index is 1.99. The van der Waals surface area contributed by atoms with Crippen molar-refractivity contribution in [3.8, 4) is 17.1 Å². The fourth-order valence-electron chi connectivity index (χ4n) is 3.14. The van der Waals surface area contributed by atoms with Crippen LogP contribution >= 0.6 is 23.4 Å². The molecule has 2 aromatic carbocycles. The minimum Gasteiger partial charge on any atom is -0.447 e. The fourth-order valence-corrected chi connectivity index (χ4v) is 3.88. The van der Waals surface area contributed by atoms with Crippen molar-refractivity contribution in [2.24, 2.45) is 0 Å². The van der Waals surface area contributed by atoms with Crippen molar-refractivity contribution in [2.75, 3.05) is 10.7 Å². The first-order chi connectivity index (χ1) is 14.0. The highest BCUT2D eigenvalue weighted by atomic mass is 35.5. The third kappa shape index (κ3) is 3.65. The van der Waals surface area contributed by atoms with Crippen LogP contribution in [0.5, 0.6) is 5.88 Å². The maximum absolute atomic E-state index is 14.1. The maximum atomic E-state index is 14.1. The van der Waals surface area contributed by atoms with Gasteiger partial charge in [0.15, 0.2) is 5.69 Å². The maximum Gasteiger partial charge on any atom is 0.247 e. The number of carbonyl (C=O) groups is 1. The van der Waals surface area contributed by atoms with E-state index < -0.39 is 12.0 Å². The van der Waals surface area contributed by atoms with E-state index in [1.165, 1.54) is 41.8 Å². The molecule has 0 radical (unpaired) electrons. The average Bonchev–Trinajstić information content (AvgIpc) is 2.82. The fraction of sp³-hybridized carbons (Fsp3) is 0.200. The second kappa shape index (κ2) is 7.96. The van der Waals surface area contributed by atoms with Crippen LogP contribution in [0.25, 0.3) is 11.3 Å². The van der Waals surface area contributed by atoms with Gasteiger partial charge < -0.3 is 4.74 Å². The lowest BCUT2D eigenvalue weighted by Gasteiger charge is -2.30. The minimum absolute atomic E-state index is 0.163. The van der Waals surface area contributed by atoms with Gasteiger partial charge in [0.05, 0.1) is 5.69 Å². The van der Waals surface area contributed by atoms with Crippen molar-refractivity contribution in [3.05, 3.63) is 58.9 Å². The second-order valence-corrected chi connectivity index (χ2v) is 7.86. The number of ether oxygens (including phenoxy) is 1. The number of nitrogens with zero attached hydrogens (tertiary/aromatic N) is 4. The summed E-state index contributed by atoms with van der Waals surface area (Å²) in [5, 5.41) is 9.20. The zero-order valence-corrected chi connectivity index (χ0v) is 17.2. The summed E-state index contributed by atoms with van der Waals surface area (Å²) < 4.78 is 20.3. The molecule has 0 saturated carbocycles. The predicted octanol–water partition coefficient (Wildman–Crippen LogP) is 4.89. The van der Waals surface area contributed by atoms with Crippen LogP contribution in [0.2, 0.25) is 5.02 Å². The smallest absolute Gasteiger partial charge is 0.247 e. The van der Waals surface area contributed by atoms with Gasteiger partial charge in [0.1, 0.15) is 5.82 Å². The average molecular weight is 431 g/mol. The van der Waals surface area contributed by atoms with E-state index >= 15 is 0 Å². The van der Waals surface area contributed by atoms with Gasteiger partial charge in [-0.05, 0) is 30.0 Å². The van der Waals surface area contributed by atoms with Crippen LogP contribution in [0.3, 0.4) is 0 Å². The number of amides is 1. The van der Waals surface area contributed by atoms with Crippen molar-refractivity contribution in [1.29, 1.82) is 0 Å². The largest absolute Gasteiger partial charge is 0.447 e. The Labute approximate surface area is 176 Å². The summed E-state index contributed by atoms with van der Waals surface area (Å²) in [5.41, 5.74) is 1.66.